The molecule has 1 aliphatic rings. The van der Waals surface area contributed by atoms with Crippen LogP contribution in [0.25, 0.3) is 10.9 Å². The van der Waals surface area contributed by atoms with Crippen LogP contribution < -0.4 is 4.74 Å². The summed E-state index contributed by atoms with van der Waals surface area (Å²) < 4.78 is 5.40. The molecule has 0 radical (unpaired) electrons. The number of aldehydes is 1. The summed E-state index contributed by atoms with van der Waals surface area (Å²) in [5.74, 6) is 1.43. The molecule has 0 spiro atoms. The Labute approximate surface area is 99.4 Å². The Bertz CT molecular complexity index is 588. The van der Waals surface area contributed by atoms with Crippen molar-refractivity contribution in [2.75, 3.05) is 7.11 Å². The second-order valence-electron chi connectivity index (χ2n) is 4.38. The van der Waals surface area contributed by atoms with Crippen molar-refractivity contribution in [1.82, 2.24) is 4.98 Å². The number of nitrogens with zero attached hydrogens (tertiary/aromatic N) is 1. The van der Waals surface area contributed by atoms with Crippen molar-refractivity contribution in [2.45, 2.75) is 18.8 Å². The number of carbonyl (C=O) groups excluding carboxylic acids is 1. The van der Waals surface area contributed by atoms with Crippen molar-refractivity contribution in [2.24, 2.45) is 0 Å². The molecule has 3 nitrogen and oxygen atoms in total. The number of hydrogen-bond donors (Lipinski definition) is 0. The SMILES string of the molecule is COc1ccc2ccc(C=O)nc2c1C1CC1. The highest BCUT2D eigenvalue weighted by Crippen LogP contribution is 2.46. The van der Waals surface area contributed by atoms with Crippen LogP contribution in [0.2, 0.25) is 0 Å². The van der Waals surface area contributed by atoms with Gasteiger partial charge in [0, 0.05) is 10.9 Å². The lowest BCUT2D eigenvalue weighted by Gasteiger charge is -2.10. The van der Waals surface area contributed by atoms with Gasteiger partial charge in [0.2, 0.25) is 0 Å². The van der Waals surface area contributed by atoms with Crippen molar-refractivity contribution in [3.05, 3.63) is 35.5 Å². The molecule has 3 rings (SSSR count). The molecule has 3 heteroatoms. The second kappa shape index (κ2) is 3.84. The lowest BCUT2D eigenvalue weighted by atomic mass is 10.0. The highest BCUT2D eigenvalue weighted by Gasteiger charge is 2.29. The van der Waals surface area contributed by atoms with Gasteiger partial charge in [-0.3, -0.25) is 4.79 Å². The summed E-state index contributed by atoms with van der Waals surface area (Å²) in [4.78, 5) is 15.2. The van der Waals surface area contributed by atoms with Crippen LogP contribution >= 0.6 is 0 Å². The van der Waals surface area contributed by atoms with Gasteiger partial charge in [-0.25, -0.2) is 4.98 Å². The van der Waals surface area contributed by atoms with Gasteiger partial charge in [0.05, 0.1) is 12.6 Å². The van der Waals surface area contributed by atoms with Gasteiger partial charge < -0.3 is 4.74 Å². The van der Waals surface area contributed by atoms with E-state index in [-0.39, 0.29) is 0 Å². The predicted octanol–water partition coefficient (Wildman–Crippen LogP) is 2.93. The van der Waals surface area contributed by atoms with E-state index in [1.807, 2.05) is 18.2 Å². The van der Waals surface area contributed by atoms with Crippen LogP contribution in [0.4, 0.5) is 0 Å². The summed E-state index contributed by atoms with van der Waals surface area (Å²) in [7, 11) is 1.68. The largest absolute Gasteiger partial charge is 0.496 e. The van der Waals surface area contributed by atoms with Crippen LogP contribution in [-0.4, -0.2) is 18.4 Å². The lowest BCUT2D eigenvalue weighted by Crippen LogP contribution is -1.96. The Morgan fingerprint density at radius 1 is 1.29 bits per heavy atom. The minimum Gasteiger partial charge on any atom is -0.496 e. The van der Waals surface area contributed by atoms with Crippen LogP contribution in [0.15, 0.2) is 24.3 Å². The molecule has 0 saturated heterocycles. The Morgan fingerprint density at radius 3 is 2.71 bits per heavy atom. The zero-order chi connectivity index (χ0) is 11.8. The molecule has 1 aromatic heterocycles. The minimum atomic E-state index is 0.479. The van der Waals surface area contributed by atoms with Crippen LogP contribution in [-0.2, 0) is 0 Å². The van der Waals surface area contributed by atoms with E-state index in [1.54, 1.807) is 13.2 Å². The van der Waals surface area contributed by atoms with E-state index in [1.165, 1.54) is 12.8 Å². The first-order valence-electron chi connectivity index (χ1n) is 5.76. The smallest absolute Gasteiger partial charge is 0.168 e. The van der Waals surface area contributed by atoms with E-state index in [0.717, 1.165) is 28.5 Å². The third kappa shape index (κ3) is 1.68. The van der Waals surface area contributed by atoms with Crippen molar-refractivity contribution >= 4 is 17.2 Å². The van der Waals surface area contributed by atoms with E-state index in [0.29, 0.717) is 11.6 Å². The summed E-state index contributed by atoms with van der Waals surface area (Å²) in [6.07, 6.45) is 3.15. The molecular weight excluding hydrogens is 214 g/mol. The van der Waals surface area contributed by atoms with Gasteiger partial charge in [0.1, 0.15) is 11.4 Å². The number of carbonyl (C=O) groups is 1. The Kier molecular flexibility index (Phi) is 2.32. The first-order valence-corrected chi connectivity index (χ1v) is 5.76. The molecule has 86 valence electrons. The number of pyridine rings is 1. The monoisotopic (exact) mass is 227 g/mol. The molecule has 2 aromatic rings. The van der Waals surface area contributed by atoms with Gasteiger partial charge >= 0.3 is 0 Å². The fourth-order valence-electron chi connectivity index (χ4n) is 2.22. The van der Waals surface area contributed by atoms with Crippen LogP contribution in [0.1, 0.15) is 34.8 Å². The molecule has 17 heavy (non-hydrogen) atoms. The Balaban J connectivity index is 2.31. The third-order valence-electron chi connectivity index (χ3n) is 3.21. The molecule has 0 amide bonds. The Morgan fingerprint density at radius 2 is 2.06 bits per heavy atom. The molecule has 0 unspecified atom stereocenters. The zero-order valence-electron chi connectivity index (χ0n) is 9.64. The highest BCUT2D eigenvalue weighted by atomic mass is 16.5. The number of methoxy groups -OCH3 is 1. The fourth-order valence-corrected chi connectivity index (χ4v) is 2.22. The van der Waals surface area contributed by atoms with E-state index >= 15 is 0 Å². The van der Waals surface area contributed by atoms with Crippen molar-refractivity contribution in [3.63, 3.8) is 0 Å². The molecule has 1 aliphatic carbocycles. The number of hydrogen-bond acceptors (Lipinski definition) is 3. The van der Waals surface area contributed by atoms with E-state index < -0.39 is 0 Å². The summed E-state index contributed by atoms with van der Waals surface area (Å²) >= 11 is 0. The number of ether oxygens (including phenoxy) is 1. The van der Waals surface area contributed by atoms with E-state index in [9.17, 15) is 4.79 Å². The van der Waals surface area contributed by atoms with Crippen LogP contribution in [0.5, 0.6) is 5.75 Å². The molecular formula is C14H13NO2. The normalized spacial score (nSPS) is 14.9. The third-order valence-corrected chi connectivity index (χ3v) is 3.21. The lowest BCUT2D eigenvalue weighted by molar-refractivity contribution is 0.111. The molecule has 0 bridgehead atoms. The van der Waals surface area contributed by atoms with Crippen LogP contribution in [0.3, 0.4) is 0 Å². The van der Waals surface area contributed by atoms with Gasteiger partial charge in [-0.1, -0.05) is 6.07 Å². The first-order chi connectivity index (χ1) is 8.33. The number of benzene rings is 1. The first kappa shape index (κ1) is 10.3. The van der Waals surface area contributed by atoms with Gasteiger partial charge in [-0.15, -0.1) is 0 Å². The predicted molar refractivity (Wildman–Crippen MR) is 65.7 cm³/mol. The molecule has 0 atom stereocenters. The standard InChI is InChI=1S/C14H13NO2/c1-17-12-7-5-10-4-6-11(8-16)15-14(10)13(12)9-2-3-9/h4-9H,2-3H2,1H3. The summed E-state index contributed by atoms with van der Waals surface area (Å²) in [5, 5.41) is 1.07. The maximum atomic E-state index is 10.8. The maximum Gasteiger partial charge on any atom is 0.168 e. The molecule has 1 heterocycles. The minimum absolute atomic E-state index is 0.479. The second-order valence-corrected chi connectivity index (χ2v) is 4.38. The van der Waals surface area contributed by atoms with E-state index in [4.69, 9.17) is 4.74 Å². The summed E-state index contributed by atoms with van der Waals surface area (Å²) in [5.41, 5.74) is 2.55. The Hall–Kier alpha value is -1.90. The fraction of sp³-hybridized carbons (Fsp3) is 0.286. The van der Waals surface area contributed by atoms with Crippen molar-refractivity contribution in [1.29, 1.82) is 0 Å². The van der Waals surface area contributed by atoms with Crippen molar-refractivity contribution in [3.8, 4) is 5.75 Å². The number of aromatic nitrogens is 1. The van der Waals surface area contributed by atoms with Gasteiger partial charge in [0.15, 0.2) is 6.29 Å². The average molecular weight is 227 g/mol. The number of rotatable bonds is 3. The van der Waals surface area contributed by atoms with E-state index in [2.05, 4.69) is 4.98 Å². The molecule has 1 aromatic carbocycles. The topological polar surface area (TPSA) is 39.2 Å². The van der Waals surface area contributed by atoms with Crippen molar-refractivity contribution < 1.29 is 9.53 Å². The molecule has 1 saturated carbocycles. The maximum absolute atomic E-state index is 10.8. The average Bonchev–Trinajstić information content (AvgIpc) is 3.20. The van der Waals surface area contributed by atoms with Gasteiger partial charge in [-0.2, -0.15) is 0 Å². The molecule has 1 fully saturated rings. The highest BCUT2D eigenvalue weighted by molar-refractivity contribution is 5.88. The zero-order valence-corrected chi connectivity index (χ0v) is 9.64. The molecule has 0 N–H and O–H groups in total. The summed E-state index contributed by atoms with van der Waals surface area (Å²) in [6.45, 7) is 0. The van der Waals surface area contributed by atoms with Crippen LogP contribution in [0, 0.1) is 0 Å². The van der Waals surface area contributed by atoms with Gasteiger partial charge in [-0.05, 0) is 37.0 Å². The molecule has 0 aliphatic heterocycles. The quantitative estimate of drug-likeness (QED) is 0.757. The number of fused-ring (bicyclic) bond motifs is 1. The van der Waals surface area contributed by atoms with Gasteiger partial charge in [0.25, 0.3) is 0 Å². The summed E-state index contributed by atoms with van der Waals surface area (Å²) in [6, 6.07) is 7.66.